The molecule has 2 rings (SSSR count). The van der Waals surface area contributed by atoms with Gasteiger partial charge < -0.3 is 9.69 Å². The van der Waals surface area contributed by atoms with Crippen molar-refractivity contribution in [2.24, 2.45) is 0 Å². The molecule has 0 radical (unpaired) electrons. The first-order valence-electron chi connectivity index (χ1n) is 6.72. The van der Waals surface area contributed by atoms with Crippen LogP contribution in [0, 0.1) is 6.92 Å². The van der Waals surface area contributed by atoms with Crippen LogP contribution < -0.4 is 0 Å². The maximum Gasteiger partial charge on any atom is 0.133 e. The Morgan fingerprint density at radius 2 is 1.74 bits per heavy atom. The molecule has 0 bridgehead atoms. The van der Waals surface area contributed by atoms with E-state index in [0.29, 0.717) is 6.54 Å². The zero-order chi connectivity index (χ0) is 12.8. The van der Waals surface area contributed by atoms with Crippen molar-refractivity contribution in [1.29, 1.82) is 0 Å². The third-order valence-corrected chi connectivity index (χ3v) is 3.76. The van der Waals surface area contributed by atoms with Crippen molar-refractivity contribution < 1.29 is 4.79 Å². The SMILES string of the molecule is Cc1ccccc1CCN1CCN(CC=O)CC1.Cl. The van der Waals surface area contributed by atoms with E-state index in [1.165, 1.54) is 11.1 Å². The van der Waals surface area contributed by atoms with Crippen molar-refractivity contribution in [3.05, 3.63) is 35.4 Å². The summed E-state index contributed by atoms with van der Waals surface area (Å²) in [6.45, 7) is 8.10. The van der Waals surface area contributed by atoms with Crippen molar-refractivity contribution in [1.82, 2.24) is 9.80 Å². The number of rotatable bonds is 5. The highest BCUT2D eigenvalue weighted by atomic mass is 35.5. The molecule has 1 aromatic rings. The van der Waals surface area contributed by atoms with Crippen molar-refractivity contribution in [2.45, 2.75) is 13.3 Å². The fourth-order valence-corrected chi connectivity index (χ4v) is 2.47. The Morgan fingerprint density at radius 1 is 1.11 bits per heavy atom. The predicted octanol–water partition coefficient (Wildman–Crippen LogP) is 1.78. The smallest absolute Gasteiger partial charge is 0.133 e. The van der Waals surface area contributed by atoms with E-state index in [2.05, 4.69) is 41.0 Å². The minimum atomic E-state index is 0. The van der Waals surface area contributed by atoms with E-state index in [1.54, 1.807) is 0 Å². The zero-order valence-electron chi connectivity index (χ0n) is 11.5. The summed E-state index contributed by atoms with van der Waals surface area (Å²) in [5.74, 6) is 0. The largest absolute Gasteiger partial charge is 0.302 e. The molecule has 106 valence electrons. The van der Waals surface area contributed by atoms with Crippen LogP contribution in [-0.2, 0) is 11.2 Å². The van der Waals surface area contributed by atoms with E-state index in [1.807, 2.05) is 0 Å². The number of halogens is 1. The monoisotopic (exact) mass is 282 g/mol. The summed E-state index contributed by atoms with van der Waals surface area (Å²) in [6, 6.07) is 8.61. The predicted molar refractivity (Wildman–Crippen MR) is 81.1 cm³/mol. The molecule has 1 heterocycles. The van der Waals surface area contributed by atoms with Gasteiger partial charge in [0.05, 0.1) is 6.54 Å². The van der Waals surface area contributed by atoms with Crippen LogP contribution >= 0.6 is 12.4 Å². The standard InChI is InChI=1S/C15H22N2O.ClH/c1-14-4-2-3-5-15(14)6-7-16-8-10-17(11-9-16)12-13-18;/h2-5,13H,6-12H2,1H3;1H. The summed E-state index contributed by atoms with van der Waals surface area (Å²) in [7, 11) is 0. The molecule has 0 N–H and O–H groups in total. The lowest BCUT2D eigenvalue weighted by Gasteiger charge is -2.33. The van der Waals surface area contributed by atoms with Gasteiger partial charge in [0, 0.05) is 32.7 Å². The van der Waals surface area contributed by atoms with Crippen LogP contribution in [0.3, 0.4) is 0 Å². The summed E-state index contributed by atoms with van der Waals surface area (Å²) in [6.07, 6.45) is 2.13. The number of hydrogen-bond acceptors (Lipinski definition) is 3. The lowest BCUT2D eigenvalue weighted by Crippen LogP contribution is -2.47. The van der Waals surface area contributed by atoms with Gasteiger partial charge >= 0.3 is 0 Å². The zero-order valence-corrected chi connectivity index (χ0v) is 12.4. The van der Waals surface area contributed by atoms with Gasteiger partial charge in [-0.1, -0.05) is 24.3 Å². The molecule has 19 heavy (non-hydrogen) atoms. The van der Waals surface area contributed by atoms with Gasteiger partial charge in [-0.05, 0) is 24.5 Å². The number of nitrogens with zero attached hydrogens (tertiary/aromatic N) is 2. The number of piperazine rings is 1. The third kappa shape index (κ3) is 4.94. The first kappa shape index (κ1) is 16.2. The van der Waals surface area contributed by atoms with E-state index in [-0.39, 0.29) is 12.4 Å². The molecule has 0 spiro atoms. The Hall–Kier alpha value is -0.900. The Labute approximate surface area is 122 Å². The molecule has 0 saturated carbocycles. The van der Waals surface area contributed by atoms with Gasteiger partial charge in [-0.25, -0.2) is 0 Å². The first-order valence-corrected chi connectivity index (χ1v) is 6.72. The summed E-state index contributed by atoms with van der Waals surface area (Å²) in [5.41, 5.74) is 2.84. The Bertz CT molecular complexity index is 389. The van der Waals surface area contributed by atoms with Gasteiger partial charge in [0.1, 0.15) is 6.29 Å². The highest BCUT2D eigenvalue weighted by molar-refractivity contribution is 5.85. The Kier molecular flexibility index (Phi) is 7.06. The van der Waals surface area contributed by atoms with Crippen LogP contribution in [0.5, 0.6) is 0 Å². The van der Waals surface area contributed by atoms with E-state index in [9.17, 15) is 4.79 Å². The van der Waals surface area contributed by atoms with Gasteiger partial charge in [-0.3, -0.25) is 4.90 Å². The molecule has 4 heteroatoms. The highest BCUT2D eigenvalue weighted by Gasteiger charge is 2.15. The van der Waals surface area contributed by atoms with E-state index >= 15 is 0 Å². The quantitative estimate of drug-likeness (QED) is 0.769. The maximum atomic E-state index is 10.4. The van der Waals surface area contributed by atoms with Crippen molar-refractivity contribution in [3.63, 3.8) is 0 Å². The molecule has 3 nitrogen and oxygen atoms in total. The van der Waals surface area contributed by atoms with Crippen LogP contribution in [0.25, 0.3) is 0 Å². The van der Waals surface area contributed by atoms with E-state index in [4.69, 9.17) is 0 Å². The number of aryl methyl sites for hydroxylation is 1. The molecule has 0 aromatic heterocycles. The molecule has 1 aliphatic heterocycles. The van der Waals surface area contributed by atoms with Crippen LogP contribution in [0.2, 0.25) is 0 Å². The molecule has 1 aliphatic rings. The minimum Gasteiger partial charge on any atom is -0.302 e. The number of carbonyl (C=O) groups is 1. The second-order valence-electron chi connectivity index (χ2n) is 4.99. The molecule has 0 atom stereocenters. The van der Waals surface area contributed by atoms with Crippen LogP contribution in [-0.4, -0.2) is 55.4 Å². The number of hydrogen-bond donors (Lipinski definition) is 0. The van der Waals surface area contributed by atoms with Crippen molar-refractivity contribution in [3.8, 4) is 0 Å². The topological polar surface area (TPSA) is 23.6 Å². The number of carbonyl (C=O) groups excluding carboxylic acids is 1. The van der Waals surface area contributed by atoms with E-state index in [0.717, 1.165) is 45.4 Å². The Balaban J connectivity index is 0.00000180. The maximum absolute atomic E-state index is 10.4. The first-order chi connectivity index (χ1) is 8.79. The van der Waals surface area contributed by atoms with Crippen molar-refractivity contribution in [2.75, 3.05) is 39.3 Å². The lowest BCUT2D eigenvalue weighted by atomic mass is 10.1. The Morgan fingerprint density at radius 3 is 2.37 bits per heavy atom. The number of benzene rings is 1. The van der Waals surface area contributed by atoms with Gasteiger partial charge in [-0.2, -0.15) is 0 Å². The normalized spacial score (nSPS) is 16.9. The minimum absolute atomic E-state index is 0. The highest BCUT2D eigenvalue weighted by Crippen LogP contribution is 2.09. The van der Waals surface area contributed by atoms with Gasteiger partial charge in [0.15, 0.2) is 0 Å². The summed E-state index contributed by atoms with van der Waals surface area (Å²) in [4.78, 5) is 15.2. The molecular weight excluding hydrogens is 260 g/mol. The molecule has 0 amide bonds. The lowest BCUT2D eigenvalue weighted by molar-refractivity contribution is -0.109. The second-order valence-corrected chi connectivity index (χ2v) is 4.99. The third-order valence-electron chi connectivity index (χ3n) is 3.76. The molecule has 0 aliphatic carbocycles. The summed E-state index contributed by atoms with van der Waals surface area (Å²) < 4.78 is 0. The summed E-state index contributed by atoms with van der Waals surface area (Å²) >= 11 is 0. The van der Waals surface area contributed by atoms with E-state index < -0.39 is 0 Å². The van der Waals surface area contributed by atoms with Crippen LogP contribution in [0.1, 0.15) is 11.1 Å². The fraction of sp³-hybridized carbons (Fsp3) is 0.533. The average Bonchev–Trinajstić information content (AvgIpc) is 2.40. The average molecular weight is 283 g/mol. The molecule has 1 aromatic carbocycles. The molecule has 1 saturated heterocycles. The fourth-order valence-electron chi connectivity index (χ4n) is 2.47. The number of aldehydes is 1. The van der Waals surface area contributed by atoms with Crippen LogP contribution in [0.4, 0.5) is 0 Å². The van der Waals surface area contributed by atoms with Gasteiger partial charge in [0.25, 0.3) is 0 Å². The molecule has 1 fully saturated rings. The molecule has 0 unspecified atom stereocenters. The summed E-state index contributed by atoms with van der Waals surface area (Å²) in [5, 5.41) is 0. The van der Waals surface area contributed by atoms with Gasteiger partial charge in [0.2, 0.25) is 0 Å². The van der Waals surface area contributed by atoms with Crippen molar-refractivity contribution >= 4 is 18.7 Å². The second kappa shape index (κ2) is 8.31. The molecular formula is C15H23ClN2O. The van der Waals surface area contributed by atoms with Crippen LogP contribution in [0.15, 0.2) is 24.3 Å². The van der Waals surface area contributed by atoms with Gasteiger partial charge in [-0.15, -0.1) is 12.4 Å².